The third-order valence-electron chi connectivity index (χ3n) is 6.81. The normalized spacial score (nSPS) is 22.0. The molecule has 0 aliphatic carbocycles. The highest BCUT2D eigenvalue weighted by atomic mass is 16.6. The second kappa shape index (κ2) is 8.81. The number of non-ortho nitro benzene ring substituents is 1. The van der Waals surface area contributed by atoms with Crippen molar-refractivity contribution in [2.75, 3.05) is 12.0 Å². The number of para-hydroxylation sites is 1. The summed E-state index contributed by atoms with van der Waals surface area (Å²) in [4.78, 5) is 38.7. The van der Waals surface area contributed by atoms with E-state index in [1.54, 1.807) is 29.2 Å². The first-order valence-corrected chi connectivity index (χ1v) is 11.2. The van der Waals surface area contributed by atoms with Crippen molar-refractivity contribution in [3.8, 4) is 11.5 Å². The Kier molecular flexibility index (Phi) is 5.63. The Balaban J connectivity index is 1.73. The maximum Gasteiger partial charge on any atom is 0.270 e. The number of anilines is 1. The second-order valence-electron chi connectivity index (χ2n) is 8.67. The molecule has 1 N–H and O–H groups in total. The molecule has 0 amide bonds. The molecule has 1 fully saturated rings. The SMILES string of the molecule is COc1cc([C@H]2[C@H]([N+](=O)[O-])[C@@H]3C=Cc4ccccc4N3[C@H]2C(=O)c2cccc([N+](=O)[O-])c2)ccc1O. The molecular weight excluding hydrogens is 466 g/mol. The molecule has 0 unspecified atom stereocenters. The van der Waals surface area contributed by atoms with Gasteiger partial charge in [-0.05, 0) is 29.3 Å². The lowest BCUT2D eigenvalue weighted by Gasteiger charge is -2.34. The first-order valence-electron chi connectivity index (χ1n) is 11.2. The number of Topliss-reactive ketones (excluding diaryl/α,β-unsaturated/α-hetero) is 1. The van der Waals surface area contributed by atoms with Crippen molar-refractivity contribution >= 4 is 23.2 Å². The number of nitro groups is 2. The van der Waals surface area contributed by atoms with E-state index in [1.807, 2.05) is 18.2 Å². The molecule has 2 aliphatic rings. The van der Waals surface area contributed by atoms with Gasteiger partial charge in [-0.1, -0.05) is 48.6 Å². The first kappa shape index (κ1) is 23.0. The van der Waals surface area contributed by atoms with Gasteiger partial charge in [0.05, 0.1) is 18.0 Å². The fourth-order valence-electron chi connectivity index (χ4n) is 5.27. The number of benzene rings is 3. The number of phenolic OH excluding ortho intramolecular Hbond substituents is 1. The van der Waals surface area contributed by atoms with Gasteiger partial charge in [0.1, 0.15) is 12.1 Å². The van der Waals surface area contributed by atoms with Gasteiger partial charge in [0, 0.05) is 28.3 Å². The minimum absolute atomic E-state index is 0.0831. The molecule has 0 aromatic heterocycles. The van der Waals surface area contributed by atoms with Crippen molar-refractivity contribution in [3.63, 3.8) is 0 Å². The number of carbonyl (C=O) groups excluding carboxylic acids is 1. The molecule has 10 nitrogen and oxygen atoms in total. The molecule has 0 radical (unpaired) electrons. The van der Waals surface area contributed by atoms with E-state index in [9.17, 15) is 30.1 Å². The Morgan fingerprint density at radius 3 is 2.53 bits per heavy atom. The minimum Gasteiger partial charge on any atom is -0.504 e. The number of hydrogen-bond acceptors (Lipinski definition) is 8. The molecule has 10 heteroatoms. The number of rotatable bonds is 6. The van der Waals surface area contributed by atoms with Gasteiger partial charge >= 0.3 is 0 Å². The molecule has 0 spiro atoms. The van der Waals surface area contributed by atoms with Crippen molar-refractivity contribution in [2.24, 2.45) is 0 Å². The predicted octanol–water partition coefficient (Wildman–Crippen LogP) is 4.21. The molecule has 36 heavy (non-hydrogen) atoms. The van der Waals surface area contributed by atoms with Crippen LogP contribution in [-0.4, -0.2) is 46.0 Å². The van der Waals surface area contributed by atoms with Gasteiger partial charge in [-0.2, -0.15) is 0 Å². The van der Waals surface area contributed by atoms with Crippen molar-refractivity contribution in [3.05, 3.63) is 110 Å². The van der Waals surface area contributed by atoms with E-state index < -0.39 is 34.7 Å². The van der Waals surface area contributed by atoms with Gasteiger partial charge in [0.25, 0.3) is 5.69 Å². The van der Waals surface area contributed by atoms with E-state index in [2.05, 4.69) is 0 Å². The highest BCUT2D eigenvalue weighted by molar-refractivity contribution is 6.04. The summed E-state index contributed by atoms with van der Waals surface area (Å²) in [6, 6.07) is 14.1. The zero-order valence-corrected chi connectivity index (χ0v) is 19.1. The van der Waals surface area contributed by atoms with E-state index in [-0.39, 0.29) is 27.7 Å². The Labute approximate surface area is 205 Å². The Hall–Kier alpha value is -4.73. The van der Waals surface area contributed by atoms with Crippen molar-refractivity contribution in [1.29, 1.82) is 0 Å². The number of phenols is 1. The van der Waals surface area contributed by atoms with Crippen LogP contribution in [0.3, 0.4) is 0 Å². The molecule has 4 atom stereocenters. The summed E-state index contributed by atoms with van der Waals surface area (Å²) in [5, 5.41) is 34.0. The number of nitrogens with zero attached hydrogens (tertiary/aromatic N) is 3. The summed E-state index contributed by atoms with van der Waals surface area (Å²) < 4.78 is 5.23. The molecule has 0 bridgehead atoms. The van der Waals surface area contributed by atoms with Crippen LogP contribution in [0.25, 0.3) is 6.08 Å². The van der Waals surface area contributed by atoms with Gasteiger partial charge in [-0.25, -0.2) is 0 Å². The van der Waals surface area contributed by atoms with Crippen LogP contribution in [0.4, 0.5) is 11.4 Å². The summed E-state index contributed by atoms with van der Waals surface area (Å²) in [5.74, 6) is -1.43. The average molecular weight is 487 g/mol. The number of aromatic hydroxyl groups is 1. The predicted molar refractivity (Wildman–Crippen MR) is 131 cm³/mol. The zero-order valence-electron chi connectivity index (χ0n) is 19.1. The molecule has 3 aromatic carbocycles. The highest BCUT2D eigenvalue weighted by Crippen LogP contribution is 2.48. The van der Waals surface area contributed by atoms with E-state index in [4.69, 9.17) is 4.74 Å². The molecule has 182 valence electrons. The van der Waals surface area contributed by atoms with Gasteiger partial charge in [-0.3, -0.25) is 25.0 Å². The van der Waals surface area contributed by atoms with E-state index in [0.29, 0.717) is 11.3 Å². The Morgan fingerprint density at radius 1 is 1.03 bits per heavy atom. The van der Waals surface area contributed by atoms with Crippen molar-refractivity contribution < 1.29 is 24.5 Å². The van der Waals surface area contributed by atoms with E-state index >= 15 is 0 Å². The lowest BCUT2D eigenvalue weighted by atomic mass is 9.83. The lowest BCUT2D eigenvalue weighted by Crippen LogP contribution is -2.44. The van der Waals surface area contributed by atoms with Crippen LogP contribution >= 0.6 is 0 Å². The van der Waals surface area contributed by atoms with Crippen LogP contribution in [0.5, 0.6) is 11.5 Å². The lowest BCUT2D eigenvalue weighted by molar-refractivity contribution is -0.524. The van der Waals surface area contributed by atoms with Crippen molar-refractivity contribution in [2.45, 2.75) is 24.0 Å². The number of ether oxygens (including phenoxy) is 1. The fraction of sp³-hybridized carbons (Fsp3) is 0.192. The molecule has 1 saturated heterocycles. The van der Waals surface area contributed by atoms with Gasteiger partial charge in [0.2, 0.25) is 6.04 Å². The fourth-order valence-corrected chi connectivity index (χ4v) is 5.27. The second-order valence-corrected chi connectivity index (χ2v) is 8.67. The maximum absolute atomic E-state index is 14.1. The summed E-state index contributed by atoms with van der Waals surface area (Å²) in [6.07, 6.45) is 3.53. The van der Waals surface area contributed by atoms with Crippen LogP contribution < -0.4 is 9.64 Å². The van der Waals surface area contributed by atoms with Gasteiger partial charge in [-0.15, -0.1) is 0 Å². The van der Waals surface area contributed by atoms with Crippen LogP contribution in [0, 0.1) is 20.2 Å². The third-order valence-corrected chi connectivity index (χ3v) is 6.81. The number of ketones is 1. The monoisotopic (exact) mass is 487 g/mol. The maximum atomic E-state index is 14.1. The van der Waals surface area contributed by atoms with Crippen molar-refractivity contribution in [1.82, 2.24) is 0 Å². The van der Waals surface area contributed by atoms with Crippen LogP contribution in [-0.2, 0) is 0 Å². The molecule has 5 rings (SSSR count). The molecule has 0 saturated carbocycles. The van der Waals surface area contributed by atoms with Gasteiger partial charge in [0.15, 0.2) is 17.3 Å². The van der Waals surface area contributed by atoms with Crippen LogP contribution in [0.1, 0.15) is 27.4 Å². The number of fused-ring (bicyclic) bond motifs is 3. The third kappa shape index (κ3) is 3.63. The smallest absolute Gasteiger partial charge is 0.270 e. The topological polar surface area (TPSA) is 136 Å². The average Bonchev–Trinajstić information content (AvgIpc) is 3.24. The largest absolute Gasteiger partial charge is 0.504 e. The molecule has 2 aliphatic heterocycles. The summed E-state index contributed by atoms with van der Waals surface area (Å²) in [6.45, 7) is 0. The molecule has 2 heterocycles. The minimum atomic E-state index is -1.21. The Bertz CT molecular complexity index is 1420. The number of carbonyl (C=O) groups is 1. The number of hydrogen-bond donors (Lipinski definition) is 1. The van der Waals surface area contributed by atoms with E-state index in [1.165, 1.54) is 43.5 Å². The van der Waals surface area contributed by atoms with E-state index in [0.717, 1.165) is 5.56 Å². The quantitative estimate of drug-likeness (QED) is 0.310. The number of methoxy groups -OCH3 is 1. The highest BCUT2D eigenvalue weighted by Gasteiger charge is 2.59. The Morgan fingerprint density at radius 2 is 1.81 bits per heavy atom. The standard InChI is InChI=1S/C26H21N3O7/c1-36-22-14-16(10-12-21(22)30)23-24(29(34)35)20-11-9-15-5-2-3-8-19(15)27(20)25(23)26(31)17-6-4-7-18(13-17)28(32)33/h2-14,20,23-25,30H,1H3/t20-,23-,24+,25+/m0/s1. The summed E-state index contributed by atoms with van der Waals surface area (Å²) in [7, 11) is 1.37. The molecular formula is C26H21N3O7. The number of nitro benzene ring substituents is 1. The summed E-state index contributed by atoms with van der Waals surface area (Å²) >= 11 is 0. The van der Waals surface area contributed by atoms with Gasteiger partial charge < -0.3 is 14.7 Å². The first-order chi connectivity index (χ1) is 17.3. The summed E-state index contributed by atoms with van der Waals surface area (Å²) in [5.41, 5.74) is 1.74. The molecule has 3 aromatic rings. The zero-order chi connectivity index (χ0) is 25.6. The van der Waals surface area contributed by atoms with Crippen LogP contribution in [0.2, 0.25) is 0 Å². The van der Waals surface area contributed by atoms with Crippen LogP contribution in [0.15, 0.2) is 72.8 Å².